The van der Waals surface area contributed by atoms with E-state index in [9.17, 15) is 4.79 Å². The molecular formula is C20H36O2. The summed E-state index contributed by atoms with van der Waals surface area (Å²) in [6.07, 6.45) is 2.02. The molecule has 0 spiro atoms. The first-order valence-electron chi connectivity index (χ1n) is 8.49. The van der Waals surface area contributed by atoms with E-state index in [0.717, 1.165) is 18.4 Å². The number of carbonyl (C=O) groups is 1. The Morgan fingerprint density at radius 3 is 1.91 bits per heavy atom. The topological polar surface area (TPSA) is 37.3 Å². The Morgan fingerprint density at radius 2 is 1.64 bits per heavy atom. The average molecular weight is 309 g/mol. The molecule has 0 heterocycles. The first kappa shape index (κ1) is 23.1. The van der Waals surface area contributed by atoms with Crippen molar-refractivity contribution in [2.24, 2.45) is 11.8 Å². The zero-order chi connectivity index (χ0) is 17.7. The minimum atomic E-state index is 0.143. The van der Waals surface area contributed by atoms with Gasteiger partial charge in [-0.2, -0.15) is 0 Å². The molecule has 0 unspecified atom stereocenters. The van der Waals surface area contributed by atoms with Crippen molar-refractivity contribution >= 4 is 5.78 Å². The van der Waals surface area contributed by atoms with Gasteiger partial charge in [0.05, 0.1) is 0 Å². The van der Waals surface area contributed by atoms with Crippen molar-refractivity contribution in [3.05, 3.63) is 34.9 Å². The maximum Gasteiger partial charge on any atom is 0.159 e. The van der Waals surface area contributed by atoms with Crippen LogP contribution in [0.2, 0.25) is 0 Å². The Balaban J connectivity index is 0. The number of ketones is 1. The van der Waals surface area contributed by atoms with Gasteiger partial charge in [0.2, 0.25) is 0 Å². The third-order valence-electron chi connectivity index (χ3n) is 3.08. The second-order valence-electron chi connectivity index (χ2n) is 6.20. The lowest BCUT2D eigenvalue weighted by Gasteiger charge is -2.09. The van der Waals surface area contributed by atoms with Gasteiger partial charge < -0.3 is 5.11 Å². The smallest absolute Gasteiger partial charge is 0.159 e. The second kappa shape index (κ2) is 13.5. The molecule has 0 amide bonds. The lowest BCUT2D eigenvalue weighted by molar-refractivity contribution is 0.101. The first-order chi connectivity index (χ1) is 10.3. The van der Waals surface area contributed by atoms with E-state index in [1.807, 2.05) is 26.0 Å². The van der Waals surface area contributed by atoms with E-state index in [4.69, 9.17) is 5.11 Å². The summed E-state index contributed by atoms with van der Waals surface area (Å²) in [5.74, 6) is 1.45. The normalized spacial score (nSPS) is 9.77. The molecule has 0 saturated carbocycles. The number of aliphatic hydroxyl groups excluding tert-OH is 1. The summed E-state index contributed by atoms with van der Waals surface area (Å²) in [4.78, 5) is 11.1. The van der Waals surface area contributed by atoms with E-state index >= 15 is 0 Å². The lowest BCUT2D eigenvalue weighted by atomic mass is 9.96. The number of hydrogen-bond acceptors (Lipinski definition) is 2. The Labute approximate surface area is 138 Å². The molecule has 0 fully saturated rings. The summed E-state index contributed by atoms with van der Waals surface area (Å²) in [5, 5.41) is 8.24. The monoisotopic (exact) mass is 308 g/mol. The molecule has 0 aliphatic carbocycles. The van der Waals surface area contributed by atoms with Crippen molar-refractivity contribution in [1.82, 2.24) is 0 Å². The van der Waals surface area contributed by atoms with E-state index < -0.39 is 0 Å². The molecule has 1 aromatic rings. The molecule has 1 aromatic carbocycles. The van der Waals surface area contributed by atoms with E-state index in [2.05, 4.69) is 40.7 Å². The van der Waals surface area contributed by atoms with Crippen molar-refractivity contribution in [1.29, 1.82) is 0 Å². The molecule has 0 aliphatic rings. The zero-order valence-electron chi connectivity index (χ0n) is 15.9. The third-order valence-corrected chi connectivity index (χ3v) is 3.08. The first-order valence-corrected chi connectivity index (χ1v) is 8.49. The van der Waals surface area contributed by atoms with Gasteiger partial charge in [-0.3, -0.25) is 4.79 Å². The van der Waals surface area contributed by atoms with Crippen LogP contribution >= 0.6 is 0 Å². The molecule has 0 aromatic heterocycles. The molecule has 0 atom stereocenters. The van der Waals surface area contributed by atoms with Gasteiger partial charge in [-0.15, -0.1) is 0 Å². The molecule has 128 valence electrons. The van der Waals surface area contributed by atoms with Crippen LogP contribution in [0, 0.1) is 18.8 Å². The maximum absolute atomic E-state index is 11.1. The van der Waals surface area contributed by atoms with Crippen molar-refractivity contribution in [2.45, 2.75) is 68.2 Å². The quantitative estimate of drug-likeness (QED) is 0.735. The molecule has 1 N–H and O–H groups in total. The maximum atomic E-state index is 11.1. The van der Waals surface area contributed by atoms with Gasteiger partial charge in [0.15, 0.2) is 5.78 Å². The summed E-state index contributed by atoms with van der Waals surface area (Å²) in [6.45, 7) is 16.6. The number of carbonyl (C=O) groups excluding carboxylic acids is 1. The van der Waals surface area contributed by atoms with Crippen LogP contribution in [0.15, 0.2) is 18.2 Å². The Bertz CT molecular complexity index is 406. The summed E-state index contributed by atoms with van der Waals surface area (Å²) in [6, 6.07) is 5.99. The Hall–Kier alpha value is -1.15. The van der Waals surface area contributed by atoms with Crippen LogP contribution in [0.1, 0.15) is 76.4 Å². The SMILES string of the molecule is CC.CC(=O)c1ccc(CC(C)C)c(C)c1.CC(C)CCO. The summed E-state index contributed by atoms with van der Waals surface area (Å²) in [5.41, 5.74) is 3.39. The Morgan fingerprint density at radius 1 is 1.09 bits per heavy atom. The fourth-order valence-corrected chi connectivity index (χ4v) is 1.84. The van der Waals surface area contributed by atoms with Gasteiger partial charge in [-0.25, -0.2) is 0 Å². The second-order valence-corrected chi connectivity index (χ2v) is 6.20. The van der Waals surface area contributed by atoms with Gasteiger partial charge >= 0.3 is 0 Å². The molecule has 0 bridgehead atoms. The van der Waals surface area contributed by atoms with E-state index in [0.29, 0.717) is 18.4 Å². The summed E-state index contributed by atoms with van der Waals surface area (Å²) < 4.78 is 0. The highest BCUT2D eigenvalue weighted by atomic mass is 16.3. The van der Waals surface area contributed by atoms with E-state index in [1.165, 1.54) is 11.1 Å². The number of hydrogen-bond donors (Lipinski definition) is 1. The molecule has 1 rings (SSSR count). The van der Waals surface area contributed by atoms with Gasteiger partial charge in [0.1, 0.15) is 0 Å². The average Bonchev–Trinajstić information content (AvgIpc) is 2.43. The predicted octanol–water partition coefficient (Wildman–Crippen LogP) is 5.45. The molecule has 2 nitrogen and oxygen atoms in total. The van der Waals surface area contributed by atoms with Crippen molar-refractivity contribution in [2.75, 3.05) is 6.61 Å². The van der Waals surface area contributed by atoms with Gasteiger partial charge in [-0.05, 0) is 55.7 Å². The van der Waals surface area contributed by atoms with Crippen LogP contribution in [0.25, 0.3) is 0 Å². The van der Waals surface area contributed by atoms with E-state index in [-0.39, 0.29) is 5.78 Å². The van der Waals surface area contributed by atoms with Crippen LogP contribution < -0.4 is 0 Å². The van der Waals surface area contributed by atoms with Gasteiger partial charge in [-0.1, -0.05) is 53.7 Å². The highest BCUT2D eigenvalue weighted by Gasteiger charge is 2.04. The molecule has 22 heavy (non-hydrogen) atoms. The molecule has 2 heteroatoms. The van der Waals surface area contributed by atoms with Crippen LogP contribution in [-0.2, 0) is 6.42 Å². The molecular weight excluding hydrogens is 272 g/mol. The fraction of sp³-hybridized carbons (Fsp3) is 0.650. The zero-order valence-corrected chi connectivity index (χ0v) is 15.9. The molecule has 0 radical (unpaired) electrons. The van der Waals surface area contributed by atoms with Crippen LogP contribution in [-0.4, -0.2) is 17.5 Å². The van der Waals surface area contributed by atoms with Crippen molar-refractivity contribution in [3.8, 4) is 0 Å². The number of rotatable bonds is 5. The lowest BCUT2D eigenvalue weighted by Crippen LogP contribution is -1.99. The van der Waals surface area contributed by atoms with Crippen molar-refractivity contribution in [3.63, 3.8) is 0 Å². The number of aryl methyl sites for hydroxylation is 1. The largest absolute Gasteiger partial charge is 0.396 e. The highest BCUT2D eigenvalue weighted by Crippen LogP contribution is 2.15. The summed E-state index contributed by atoms with van der Waals surface area (Å²) in [7, 11) is 0. The minimum absolute atomic E-state index is 0.143. The standard InChI is InChI=1S/C13H18O.C5H12O.C2H6/c1-9(2)7-12-5-6-13(11(4)14)8-10(12)3;1-5(2)3-4-6;1-2/h5-6,8-9H,7H2,1-4H3;5-6H,3-4H2,1-2H3;1-2H3. The number of benzene rings is 1. The van der Waals surface area contributed by atoms with Gasteiger partial charge in [0.25, 0.3) is 0 Å². The number of aliphatic hydroxyl groups is 1. The van der Waals surface area contributed by atoms with Gasteiger partial charge in [0, 0.05) is 12.2 Å². The number of Topliss-reactive ketones (excluding diaryl/α,β-unsaturated/α-hetero) is 1. The summed E-state index contributed by atoms with van der Waals surface area (Å²) >= 11 is 0. The third kappa shape index (κ3) is 11.5. The van der Waals surface area contributed by atoms with Crippen molar-refractivity contribution < 1.29 is 9.90 Å². The predicted molar refractivity (Wildman–Crippen MR) is 97.6 cm³/mol. The van der Waals surface area contributed by atoms with Crippen LogP contribution in [0.5, 0.6) is 0 Å². The minimum Gasteiger partial charge on any atom is -0.396 e. The fourth-order valence-electron chi connectivity index (χ4n) is 1.84. The Kier molecular flexibility index (Phi) is 14.2. The van der Waals surface area contributed by atoms with E-state index in [1.54, 1.807) is 6.92 Å². The van der Waals surface area contributed by atoms with Crippen LogP contribution in [0.3, 0.4) is 0 Å². The molecule has 0 saturated heterocycles. The highest BCUT2D eigenvalue weighted by molar-refractivity contribution is 5.94. The van der Waals surface area contributed by atoms with Crippen LogP contribution in [0.4, 0.5) is 0 Å². The molecule has 0 aliphatic heterocycles.